The highest BCUT2D eigenvalue weighted by Crippen LogP contribution is 2.44. The number of rotatable bonds is 43. The molecule has 2 atom stereocenters. The molecule has 1 aliphatic carbocycles. The van der Waals surface area contributed by atoms with E-state index < -0.39 is 18.1 Å². The number of aliphatic carboxylic acids is 1. The molecule has 3 rings (SSSR count). The summed E-state index contributed by atoms with van der Waals surface area (Å²) in [6.45, 7) is 5.00. The van der Waals surface area contributed by atoms with Gasteiger partial charge in [-0.15, -0.1) is 0 Å². The van der Waals surface area contributed by atoms with E-state index in [-0.39, 0.29) is 36.3 Å². The van der Waals surface area contributed by atoms with Gasteiger partial charge in [0.1, 0.15) is 18.8 Å². The molecular formula is C57H91NO8S. The first-order valence-electron chi connectivity index (χ1n) is 27.1. The molecule has 67 heavy (non-hydrogen) atoms. The number of carbonyl (C=O) groups is 4. The van der Waals surface area contributed by atoms with Gasteiger partial charge < -0.3 is 24.6 Å². The number of benzene rings is 2. The van der Waals surface area contributed by atoms with E-state index in [0.717, 1.165) is 73.6 Å². The minimum absolute atomic E-state index is 0.0926. The predicted octanol–water partition coefficient (Wildman–Crippen LogP) is 15.7. The Bertz CT molecular complexity index is 1570. The summed E-state index contributed by atoms with van der Waals surface area (Å²) >= 11 is 1.35. The van der Waals surface area contributed by atoms with E-state index in [1.807, 2.05) is 36.4 Å². The zero-order valence-corrected chi connectivity index (χ0v) is 42.8. The van der Waals surface area contributed by atoms with Gasteiger partial charge in [-0.3, -0.25) is 9.59 Å². The Morgan fingerprint density at radius 3 is 1.45 bits per heavy atom. The van der Waals surface area contributed by atoms with E-state index in [9.17, 15) is 24.3 Å². The molecule has 0 saturated carbocycles. The van der Waals surface area contributed by atoms with Gasteiger partial charge in [-0.1, -0.05) is 216 Å². The van der Waals surface area contributed by atoms with E-state index in [1.54, 1.807) is 0 Å². The second-order valence-corrected chi connectivity index (χ2v) is 20.1. The van der Waals surface area contributed by atoms with Gasteiger partial charge in [-0.2, -0.15) is 11.8 Å². The van der Waals surface area contributed by atoms with Gasteiger partial charge in [-0.05, 0) is 60.8 Å². The van der Waals surface area contributed by atoms with Crippen LogP contribution in [0.4, 0.5) is 4.79 Å². The standard InChI is InChI=1S/C57H91NO8S/c1-3-5-7-9-11-13-15-17-19-21-23-25-29-41-54(59)64-43-35-27-28-36-47(66-55(60)42-30-26-24-22-20-18-16-14-12-10-8-6-4-2)45-67-46-53(56(61)62)58-57(63)65-44-52-50-39-33-31-37-48(50)49-38-32-34-40-51(49)52/h31-34,37-40,47,52-53H,3-30,35-36,41-46H2,1-2H3,(H,58,63)(H,61,62)/t47-,53+/m1/s1. The van der Waals surface area contributed by atoms with Crippen LogP contribution in [0.25, 0.3) is 11.1 Å². The Morgan fingerprint density at radius 1 is 0.537 bits per heavy atom. The zero-order chi connectivity index (χ0) is 48.0. The highest BCUT2D eigenvalue weighted by atomic mass is 32.2. The highest BCUT2D eigenvalue weighted by molar-refractivity contribution is 7.99. The third kappa shape index (κ3) is 26.7. The Morgan fingerprint density at radius 2 is 0.970 bits per heavy atom. The summed E-state index contributed by atoms with van der Waals surface area (Å²) in [6, 6.07) is 15.0. The zero-order valence-electron chi connectivity index (χ0n) is 42.0. The average Bonchev–Trinajstić information content (AvgIpc) is 3.65. The molecule has 0 bridgehead atoms. The third-order valence-corrected chi connectivity index (χ3v) is 14.4. The molecule has 1 aliphatic rings. The Labute approximate surface area is 410 Å². The van der Waals surface area contributed by atoms with E-state index in [4.69, 9.17) is 14.2 Å². The second-order valence-electron chi connectivity index (χ2n) is 19.1. The summed E-state index contributed by atoms with van der Waals surface area (Å²) < 4.78 is 17.1. The fourth-order valence-electron chi connectivity index (χ4n) is 9.18. The first-order chi connectivity index (χ1) is 32.8. The van der Waals surface area contributed by atoms with Crippen LogP contribution in [0.2, 0.25) is 0 Å². The molecule has 0 heterocycles. The van der Waals surface area contributed by atoms with Gasteiger partial charge in [0, 0.05) is 30.3 Å². The van der Waals surface area contributed by atoms with E-state index >= 15 is 0 Å². The van der Waals surface area contributed by atoms with Crippen molar-refractivity contribution in [2.24, 2.45) is 0 Å². The summed E-state index contributed by atoms with van der Waals surface area (Å²) in [5.74, 6) is -1.12. The number of hydrogen-bond acceptors (Lipinski definition) is 8. The topological polar surface area (TPSA) is 128 Å². The SMILES string of the molecule is CCCCCCCCCCCCCCCC(=O)OCCCCC[C@H](CSC[C@H](NC(=O)OCC1c2ccccc2-c2ccccc21)C(=O)O)OC(=O)CCCCCCCCCCCCCCC. The molecule has 9 nitrogen and oxygen atoms in total. The van der Waals surface area contributed by atoms with Crippen molar-refractivity contribution in [1.29, 1.82) is 0 Å². The smallest absolute Gasteiger partial charge is 0.407 e. The van der Waals surface area contributed by atoms with Crippen molar-refractivity contribution >= 4 is 35.8 Å². The van der Waals surface area contributed by atoms with Gasteiger partial charge in [0.05, 0.1) is 6.61 Å². The fourth-order valence-corrected chi connectivity index (χ4v) is 10.3. The largest absolute Gasteiger partial charge is 0.480 e. The number of carbonyl (C=O) groups excluding carboxylic acids is 3. The lowest BCUT2D eigenvalue weighted by Gasteiger charge is -2.20. The van der Waals surface area contributed by atoms with E-state index in [1.165, 1.54) is 147 Å². The van der Waals surface area contributed by atoms with Crippen molar-refractivity contribution in [2.45, 2.75) is 237 Å². The minimum atomic E-state index is -1.17. The van der Waals surface area contributed by atoms with E-state index in [2.05, 4.69) is 31.3 Å². The number of carboxylic acid groups (broad SMARTS) is 1. The van der Waals surface area contributed by atoms with Crippen LogP contribution >= 0.6 is 11.8 Å². The first-order valence-corrected chi connectivity index (χ1v) is 28.3. The predicted molar refractivity (Wildman–Crippen MR) is 277 cm³/mol. The fraction of sp³-hybridized carbons (Fsp3) is 0.719. The van der Waals surface area contributed by atoms with Crippen molar-refractivity contribution in [3.05, 3.63) is 59.7 Å². The molecule has 10 heteroatoms. The number of amides is 1. The van der Waals surface area contributed by atoms with Gasteiger partial charge in [0.25, 0.3) is 0 Å². The quantitative estimate of drug-likeness (QED) is 0.0379. The summed E-state index contributed by atoms with van der Waals surface area (Å²) in [4.78, 5) is 50.6. The maximum atomic E-state index is 13.0. The number of ether oxygens (including phenoxy) is 3. The molecule has 2 aromatic rings. The summed E-state index contributed by atoms with van der Waals surface area (Å²) in [7, 11) is 0. The number of thioether (sulfide) groups is 1. The molecule has 0 aromatic heterocycles. The molecule has 0 saturated heterocycles. The van der Waals surface area contributed by atoms with Crippen molar-refractivity contribution in [3.63, 3.8) is 0 Å². The molecule has 0 unspecified atom stereocenters. The van der Waals surface area contributed by atoms with Crippen LogP contribution in [0, 0.1) is 0 Å². The molecule has 0 aliphatic heterocycles. The van der Waals surface area contributed by atoms with Crippen LogP contribution in [0.3, 0.4) is 0 Å². The number of esters is 2. The van der Waals surface area contributed by atoms with Crippen LogP contribution in [0.1, 0.15) is 236 Å². The van der Waals surface area contributed by atoms with Gasteiger partial charge in [0.15, 0.2) is 0 Å². The lowest BCUT2D eigenvalue weighted by atomic mass is 9.98. The van der Waals surface area contributed by atoms with Crippen molar-refractivity contribution in [3.8, 4) is 11.1 Å². The second kappa shape index (κ2) is 38.3. The monoisotopic (exact) mass is 950 g/mol. The summed E-state index contributed by atoms with van der Waals surface area (Å²) in [5.41, 5.74) is 4.39. The Kier molecular flexibility index (Phi) is 33.1. The van der Waals surface area contributed by atoms with Gasteiger partial charge in [-0.25, -0.2) is 9.59 Å². The number of fused-ring (bicyclic) bond motifs is 3. The van der Waals surface area contributed by atoms with Crippen LogP contribution < -0.4 is 5.32 Å². The first kappa shape index (κ1) is 57.8. The van der Waals surface area contributed by atoms with Crippen LogP contribution in [0.5, 0.6) is 0 Å². The summed E-state index contributed by atoms with van der Waals surface area (Å²) in [5, 5.41) is 12.6. The Hall–Kier alpha value is -3.53. The van der Waals surface area contributed by atoms with Crippen molar-refractivity contribution < 1.29 is 38.5 Å². The summed E-state index contributed by atoms with van der Waals surface area (Å²) in [6.07, 6.45) is 35.2. The molecule has 2 N–H and O–H groups in total. The number of alkyl carbamates (subject to hydrolysis) is 1. The molecule has 0 radical (unpaired) electrons. The molecule has 2 aromatic carbocycles. The maximum Gasteiger partial charge on any atom is 0.407 e. The van der Waals surface area contributed by atoms with Gasteiger partial charge >= 0.3 is 24.0 Å². The number of carboxylic acids is 1. The van der Waals surface area contributed by atoms with Crippen molar-refractivity contribution in [1.82, 2.24) is 5.32 Å². The third-order valence-electron chi connectivity index (χ3n) is 13.2. The number of unbranched alkanes of at least 4 members (excludes halogenated alkanes) is 26. The van der Waals surface area contributed by atoms with Crippen molar-refractivity contribution in [2.75, 3.05) is 24.7 Å². The number of hydrogen-bond donors (Lipinski definition) is 2. The molecule has 0 fully saturated rings. The normalized spacial score (nSPS) is 12.9. The molecule has 1 amide bonds. The lowest BCUT2D eigenvalue weighted by Crippen LogP contribution is -2.43. The molecular weight excluding hydrogens is 859 g/mol. The van der Waals surface area contributed by atoms with Crippen LogP contribution in [0.15, 0.2) is 48.5 Å². The van der Waals surface area contributed by atoms with Gasteiger partial charge in [0.2, 0.25) is 0 Å². The number of nitrogens with one attached hydrogen (secondary N) is 1. The average molecular weight is 950 g/mol. The lowest BCUT2D eigenvalue weighted by molar-refractivity contribution is -0.148. The minimum Gasteiger partial charge on any atom is -0.480 e. The molecule has 378 valence electrons. The highest BCUT2D eigenvalue weighted by Gasteiger charge is 2.30. The Balaban J connectivity index is 1.34. The molecule has 0 spiro atoms. The van der Waals surface area contributed by atoms with E-state index in [0.29, 0.717) is 31.6 Å². The van der Waals surface area contributed by atoms with Crippen LogP contribution in [-0.4, -0.2) is 66.0 Å². The maximum absolute atomic E-state index is 13.0. The van der Waals surface area contributed by atoms with Crippen LogP contribution in [-0.2, 0) is 28.6 Å².